The fraction of sp³-hybridized carbons (Fsp3) is 0.133. The number of carbonyl (C=O) groups is 1. The normalized spacial score (nSPS) is 11.8. The Hall–Kier alpha value is -2.39. The van der Waals surface area contributed by atoms with Crippen LogP contribution in [-0.4, -0.2) is 22.9 Å². The van der Waals surface area contributed by atoms with Crippen LogP contribution in [-0.2, 0) is 20.0 Å². The van der Waals surface area contributed by atoms with Gasteiger partial charge in [0.25, 0.3) is 20.0 Å². The van der Waals surface area contributed by atoms with Crippen LogP contribution in [0.15, 0.2) is 58.3 Å². The minimum Gasteiger partial charge on any atom is -0.247 e. The van der Waals surface area contributed by atoms with Gasteiger partial charge in [-0.25, -0.2) is 31.1 Å². The van der Waals surface area contributed by atoms with E-state index >= 15 is 0 Å². The zero-order chi connectivity index (χ0) is 18.0. The van der Waals surface area contributed by atoms with Crippen molar-refractivity contribution in [2.75, 3.05) is 0 Å². The molecule has 0 aliphatic carbocycles. The van der Waals surface area contributed by atoms with E-state index < -0.39 is 26.1 Å². The molecule has 0 aliphatic heterocycles. The second kappa shape index (κ2) is 6.62. The van der Waals surface area contributed by atoms with Crippen molar-refractivity contribution in [1.82, 2.24) is 9.44 Å². The molecule has 2 rings (SSSR count). The van der Waals surface area contributed by atoms with E-state index in [-0.39, 0.29) is 9.79 Å². The zero-order valence-electron chi connectivity index (χ0n) is 13.0. The summed E-state index contributed by atoms with van der Waals surface area (Å²) in [5.41, 5.74) is 0.860. The van der Waals surface area contributed by atoms with Gasteiger partial charge in [0.1, 0.15) is 0 Å². The van der Waals surface area contributed by atoms with Crippen molar-refractivity contribution in [3.63, 3.8) is 0 Å². The Labute approximate surface area is 140 Å². The van der Waals surface area contributed by atoms with Gasteiger partial charge in [0.2, 0.25) is 0 Å². The highest BCUT2D eigenvalue weighted by Crippen LogP contribution is 2.15. The third-order valence-electron chi connectivity index (χ3n) is 3.22. The highest BCUT2D eigenvalue weighted by Gasteiger charge is 2.24. The van der Waals surface area contributed by atoms with Gasteiger partial charge < -0.3 is 0 Å². The molecule has 2 aromatic rings. The first-order valence-corrected chi connectivity index (χ1v) is 9.81. The van der Waals surface area contributed by atoms with Gasteiger partial charge in [-0.1, -0.05) is 36.4 Å². The predicted octanol–water partition coefficient (Wildman–Crippen LogP) is 1.68. The Balaban J connectivity index is 2.22. The fourth-order valence-corrected chi connectivity index (χ4v) is 4.46. The molecule has 0 atom stereocenters. The largest absolute Gasteiger partial charge is 0.342 e. The number of nitrogens with one attached hydrogen (secondary N) is 2. The Bertz CT molecular complexity index is 903. The Morgan fingerprint density at radius 1 is 0.708 bits per heavy atom. The molecular formula is C15H16N2O5S2. The maximum Gasteiger partial charge on any atom is 0.342 e. The number of aryl methyl sites for hydroxylation is 2. The van der Waals surface area contributed by atoms with Crippen LogP contribution in [0.1, 0.15) is 11.1 Å². The van der Waals surface area contributed by atoms with E-state index in [9.17, 15) is 21.6 Å². The quantitative estimate of drug-likeness (QED) is 0.853. The van der Waals surface area contributed by atoms with Gasteiger partial charge in [-0.05, 0) is 37.1 Å². The summed E-state index contributed by atoms with van der Waals surface area (Å²) < 4.78 is 52.1. The van der Waals surface area contributed by atoms with Crippen LogP contribution in [0.5, 0.6) is 0 Å². The molecule has 0 spiro atoms. The molecule has 128 valence electrons. The van der Waals surface area contributed by atoms with E-state index in [1.807, 2.05) is 0 Å². The molecule has 0 radical (unpaired) electrons. The number of rotatable bonds is 4. The van der Waals surface area contributed by atoms with Crippen molar-refractivity contribution in [2.45, 2.75) is 23.6 Å². The summed E-state index contributed by atoms with van der Waals surface area (Å²) in [6.07, 6.45) is 0. The summed E-state index contributed by atoms with van der Waals surface area (Å²) in [6.45, 7) is 3.13. The van der Waals surface area contributed by atoms with Crippen molar-refractivity contribution in [1.29, 1.82) is 0 Å². The van der Waals surface area contributed by atoms with E-state index in [0.29, 0.717) is 11.1 Å². The van der Waals surface area contributed by atoms with E-state index in [2.05, 4.69) is 0 Å². The molecule has 0 saturated carbocycles. The minimum absolute atomic E-state index is 0.103. The molecule has 9 heteroatoms. The number of hydrogen-bond donors (Lipinski definition) is 2. The lowest BCUT2D eigenvalue weighted by atomic mass is 10.2. The van der Waals surface area contributed by atoms with Gasteiger partial charge in [0.05, 0.1) is 9.79 Å². The number of carbonyl (C=O) groups excluding carboxylic acids is 1. The molecule has 0 aromatic heterocycles. The van der Waals surface area contributed by atoms with E-state index in [1.165, 1.54) is 24.3 Å². The molecule has 0 fully saturated rings. The van der Waals surface area contributed by atoms with Gasteiger partial charge in [0.15, 0.2) is 0 Å². The van der Waals surface area contributed by atoms with Gasteiger partial charge in [-0.3, -0.25) is 0 Å². The lowest BCUT2D eigenvalue weighted by Crippen LogP contribution is -2.42. The van der Waals surface area contributed by atoms with Gasteiger partial charge in [-0.15, -0.1) is 0 Å². The Morgan fingerprint density at radius 3 is 1.38 bits per heavy atom. The lowest BCUT2D eigenvalue weighted by Gasteiger charge is -2.11. The summed E-state index contributed by atoms with van der Waals surface area (Å²) in [5, 5.41) is 0. The summed E-state index contributed by atoms with van der Waals surface area (Å²) >= 11 is 0. The van der Waals surface area contributed by atoms with Gasteiger partial charge in [0, 0.05) is 0 Å². The summed E-state index contributed by atoms with van der Waals surface area (Å²) in [6, 6.07) is 10.7. The van der Waals surface area contributed by atoms with Crippen LogP contribution < -0.4 is 9.44 Å². The molecule has 0 heterocycles. The lowest BCUT2D eigenvalue weighted by molar-refractivity contribution is 0.250. The Kier molecular flexibility index (Phi) is 4.95. The number of urea groups is 1. The number of benzene rings is 2. The molecule has 0 saturated heterocycles. The molecule has 2 amide bonds. The first-order valence-electron chi connectivity index (χ1n) is 6.84. The molecule has 2 aromatic carbocycles. The van der Waals surface area contributed by atoms with Crippen LogP contribution in [0.4, 0.5) is 4.79 Å². The number of amides is 2. The molecular weight excluding hydrogens is 352 g/mol. The van der Waals surface area contributed by atoms with Crippen LogP contribution in [0.2, 0.25) is 0 Å². The minimum atomic E-state index is -4.18. The molecule has 0 bridgehead atoms. The number of sulfonamides is 2. The monoisotopic (exact) mass is 368 g/mol. The third kappa shape index (κ3) is 3.92. The number of hydrogen-bond acceptors (Lipinski definition) is 5. The highest BCUT2D eigenvalue weighted by molar-refractivity contribution is 7.91. The second-order valence-corrected chi connectivity index (χ2v) is 8.37. The second-order valence-electron chi connectivity index (χ2n) is 5.07. The first kappa shape index (κ1) is 18.0. The van der Waals surface area contributed by atoms with Crippen LogP contribution in [0.3, 0.4) is 0 Å². The molecule has 24 heavy (non-hydrogen) atoms. The Morgan fingerprint density at radius 2 is 1.04 bits per heavy atom. The van der Waals surface area contributed by atoms with Crippen LogP contribution >= 0.6 is 0 Å². The molecule has 0 aliphatic rings. The summed E-state index contributed by atoms with van der Waals surface area (Å²) in [7, 11) is -8.36. The van der Waals surface area contributed by atoms with Crippen LogP contribution in [0.25, 0.3) is 0 Å². The van der Waals surface area contributed by atoms with Gasteiger partial charge in [-0.2, -0.15) is 0 Å². The first-order chi connectivity index (χ1) is 11.1. The van der Waals surface area contributed by atoms with Crippen molar-refractivity contribution in [3.8, 4) is 0 Å². The molecule has 7 nitrogen and oxygen atoms in total. The third-order valence-corrected chi connectivity index (χ3v) is 6.20. The standard InChI is InChI=1S/C15H16N2O5S2/c1-11-7-3-5-9-13(11)23(19,20)16-15(18)17-24(21,22)14-10-6-4-8-12(14)2/h3-10H,1-2H3,(H2,16,17,18). The van der Waals surface area contributed by atoms with Gasteiger partial charge >= 0.3 is 6.03 Å². The average Bonchev–Trinajstić information content (AvgIpc) is 2.46. The zero-order valence-corrected chi connectivity index (χ0v) is 14.6. The van der Waals surface area contributed by atoms with Crippen molar-refractivity contribution in [3.05, 3.63) is 59.7 Å². The topological polar surface area (TPSA) is 109 Å². The predicted molar refractivity (Wildman–Crippen MR) is 88.4 cm³/mol. The van der Waals surface area contributed by atoms with Crippen LogP contribution in [0, 0.1) is 13.8 Å². The maximum atomic E-state index is 12.2. The SMILES string of the molecule is Cc1ccccc1S(=O)(=O)NC(=O)NS(=O)(=O)c1ccccc1C. The van der Waals surface area contributed by atoms with E-state index in [1.54, 1.807) is 47.6 Å². The molecule has 2 N–H and O–H groups in total. The highest BCUT2D eigenvalue weighted by atomic mass is 32.2. The van der Waals surface area contributed by atoms with Crippen molar-refractivity contribution in [2.24, 2.45) is 0 Å². The molecule has 0 unspecified atom stereocenters. The average molecular weight is 368 g/mol. The van der Waals surface area contributed by atoms with Crippen molar-refractivity contribution < 1.29 is 21.6 Å². The smallest absolute Gasteiger partial charge is 0.247 e. The van der Waals surface area contributed by atoms with Crippen molar-refractivity contribution >= 4 is 26.1 Å². The van der Waals surface area contributed by atoms with E-state index in [0.717, 1.165) is 0 Å². The summed E-state index contributed by atoms with van der Waals surface area (Å²) in [5.74, 6) is 0. The summed E-state index contributed by atoms with van der Waals surface area (Å²) in [4.78, 5) is 11.7. The fourth-order valence-electron chi connectivity index (χ4n) is 2.09. The maximum absolute atomic E-state index is 12.2. The van der Waals surface area contributed by atoms with E-state index in [4.69, 9.17) is 0 Å².